The lowest BCUT2D eigenvalue weighted by Crippen LogP contribution is -1.93. The van der Waals surface area contributed by atoms with Gasteiger partial charge < -0.3 is 14.6 Å². The first-order valence-corrected chi connectivity index (χ1v) is 7.98. The Morgan fingerprint density at radius 2 is 2.15 bits per heavy atom. The zero-order valence-electron chi connectivity index (χ0n) is 13.9. The zero-order chi connectivity index (χ0) is 18.0. The Balaban J connectivity index is 1.99. The molecule has 0 fully saturated rings. The van der Waals surface area contributed by atoms with E-state index in [-0.39, 0.29) is 5.75 Å². The third-order valence-corrected chi connectivity index (χ3v) is 4.74. The molecule has 8 nitrogen and oxygen atoms in total. The highest BCUT2D eigenvalue weighted by atomic mass is 16.5. The predicted molar refractivity (Wildman–Crippen MR) is 94.4 cm³/mol. The molecular formula is C18H13N5O3. The van der Waals surface area contributed by atoms with E-state index in [1.165, 1.54) is 6.26 Å². The van der Waals surface area contributed by atoms with Crippen molar-refractivity contribution in [2.75, 3.05) is 0 Å². The summed E-state index contributed by atoms with van der Waals surface area (Å²) in [5.74, 6) is 0.636. The highest BCUT2D eigenvalue weighted by molar-refractivity contribution is 6.07. The molecule has 0 aliphatic heterocycles. The number of phenols is 1. The van der Waals surface area contributed by atoms with Gasteiger partial charge in [-0.05, 0) is 26.0 Å². The maximum absolute atomic E-state index is 11.7. The maximum Gasteiger partial charge on any atom is 0.166 e. The number of aldehydes is 1. The molecule has 2 N–H and O–H groups in total. The Morgan fingerprint density at radius 1 is 1.31 bits per heavy atom. The number of imidazole rings is 1. The monoisotopic (exact) mass is 347 g/mol. The normalized spacial score (nSPS) is 11.8. The quantitative estimate of drug-likeness (QED) is 0.475. The number of benzene rings is 1. The van der Waals surface area contributed by atoms with Crippen molar-refractivity contribution in [3.63, 3.8) is 0 Å². The number of fused-ring (bicyclic) bond motifs is 5. The Bertz CT molecular complexity index is 1340. The van der Waals surface area contributed by atoms with Crippen molar-refractivity contribution in [3.05, 3.63) is 41.4 Å². The summed E-state index contributed by atoms with van der Waals surface area (Å²) in [5, 5.41) is 14.6. The van der Waals surface area contributed by atoms with Gasteiger partial charge in [0.25, 0.3) is 0 Å². The van der Waals surface area contributed by atoms with Crippen molar-refractivity contribution in [1.82, 2.24) is 24.5 Å². The minimum absolute atomic E-state index is 0.178. The lowest BCUT2D eigenvalue weighted by Gasteiger charge is -2.03. The van der Waals surface area contributed by atoms with Gasteiger partial charge >= 0.3 is 0 Å². The van der Waals surface area contributed by atoms with Crippen LogP contribution in [0.3, 0.4) is 0 Å². The van der Waals surface area contributed by atoms with Crippen LogP contribution in [0.25, 0.3) is 39.1 Å². The number of aromatic amines is 1. The van der Waals surface area contributed by atoms with Gasteiger partial charge in [-0.1, -0.05) is 5.16 Å². The van der Waals surface area contributed by atoms with E-state index < -0.39 is 0 Å². The lowest BCUT2D eigenvalue weighted by atomic mass is 10.2. The molecule has 1 aromatic carbocycles. The third-order valence-electron chi connectivity index (χ3n) is 4.74. The molecule has 26 heavy (non-hydrogen) atoms. The highest BCUT2D eigenvalue weighted by Gasteiger charge is 2.21. The number of aromatic hydroxyl groups is 1. The van der Waals surface area contributed by atoms with E-state index in [4.69, 9.17) is 4.52 Å². The molecule has 5 rings (SSSR count). The number of hydrogen-bond donors (Lipinski definition) is 2. The van der Waals surface area contributed by atoms with E-state index in [1.807, 2.05) is 18.2 Å². The van der Waals surface area contributed by atoms with Crippen LogP contribution in [0.2, 0.25) is 0 Å². The number of nitrogens with one attached hydrogen (secondary N) is 1. The average molecular weight is 347 g/mol. The number of aromatic nitrogens is 5. The van der Waals surface area contributed by atoms with Gasteiger partial charge in [-0.25, -0.2) is 9.97 Å². The molecule has 0 saturated carbocycles. The molecule has 4 heterocycles. The fraction of sp³-hybridized carbons (Fsp3) is 0.111. The Morgan fingerprint density at radius 3 is 2.88 bits per heavy atom. The van der Waals surface area contributed by atoms with Crippen LogP contribution in [-0.4, -0.2) is 35.9 Å². The Labute approximate surface area is 146 Å². The number of nitrogens with zero attached hydrogens (tertiary/aromatic N) is 4. The molecular weight excluding hydrogens is 334 g/mol. The highest BCUT2D eigenvalue weighted by Crippen LogP contribution is 2.33. The first kappa shape index (κ1) is 14.6. The summed E-state index contributed by atoms with van der Waals surface area (Å²) in [4.78, 5) is 24.0. The third kappa shape index (κ3) is 1.72. The topological polar surface area (TPSA) is 109 Å². The summed E-state index contributed by atoms with van der Waals surface area (Å²) in [6.07, 6.45) is 3.91. The Kier molecular flexibility index (Phi) is 2.77. The van der Waals surface area contributed by atoms with E-state index in [2.05, 4.69) is 20.1 Å². The smallest absolute Gasteiger partial charge is 0.166 e. The van der Waals surface area contributed by atoms with E-state index in [0.29, 0.717) is 44.9 Å². The van der Waals surface area contributed by atoms with Crippen LogP contribution in [0.4, 0.5) is 0 Å². The molecule has 0 saturated heterocycles. The molecule has 0 bridgehead atoms. The van der Waals surface area contributed by atoms with Crippen molar-refractivity contribution >= 4 is 34.0 Å². The molecule has 128 valence electrons. The number of carbonyl (C=O) groups excluding carboxylic acids is 1. The minimum atomic E-state index is 0.178. The van der Waals surface area contributed by atoms with Gasteiger partial charge in [0.1, 0.15) is 17.7 Å². The number of H-pyrrole nitrogens is 1. The summed E-state index contributed by atoms with van der Waals surface area (Å²) in [6, 6.07) is 3.40. The fourth-order valence-corrected chi connectivity index (χ4v) is 3.39. The van der Waals surface area contributed by atoms with Crippen LogP contribution in [0.15, 0.2) is 29.1 Å². The number of phenolic OH excluding ortho intramolecular Hbond substituents is 1. The molecule has 0 unspecified atom stereocenters. The van der Waals surface area contributed by atoms with Crippen LogP contribution >= 0.6 is 0 Å². The van der Waals surface area contributed by atoms with Gasteiger partial charge in [0.2, 0.25) is 0 Å². The molecule has 8 heteroatoms. The number of rotatable bonds is 2. The van der Waals surface area contributed by atoms with Gasteiger partial charge in [0.15, 0.2) is 17.8 Å². The van der Waals surface area contributed by atoms with Crippen molar-refractivity contribution in [2.24, 2.45) is 0 Å². The van der Waals surface area contributed by atoms with Gasteiger partial charge in [-0.2, -0.15) is 0 Å². The van der Waals surface area contributed by atoms with E-state index in [1.54, 1.807) is 18.3 Å². The van der Waals surface area contributed by atoms with Crippen LogP contribution in [0, 0.1) is 13.8 Å². The van der Waals surface area contributed by atoms with E-state index >= 15 is 0 Å². The maximum atomic E-state index is 11.7. The molecule has 4 aromatic heterocycles. The van der Waals surface area contributed by atoms with Gasteiger partial charge in [0.05, 0.1) is 33.2 Å². The summed E-state index contributed by atoms with van der Waals surface area (Å²) in [7, 11) is 0. The molecule has 0 atom stereocenters. The van der Waals surface area contributed by atoms with Crippen molar-refractivity contribution in [3.8, 4) is 17.1 Å². The van der Waals surface area contributed by atoms with E-state index in [9.17, 15) is 9.90 Å². The van der Waals surface area contributed by atoms with Crippen LogP contribution in [-0.2, 0) is 0 Å². The number of hydrogen-bond acceptors (Lipinski definition) is 6. The Hall–Kier alpha value is -3.68. The van der Waals surface area contributed by atoms with Gasteiger partial charge in [-0.3, -0.25) is 9.20 Å². The summed E-state index contributed by atoms with van der Waals surface area (Å²) >= 11 is 0. The second kappa shape index (κ2) is 4.92. The summed E-state index contributed by atoms with van der Waals surface area (Å²) in [5.41, 5.74) is 5.31. The van der Waals surface area contributed by atoms with Crippen molar-refractivity contribution < 1.29 is 14.4 Å². The molecule has 0 radical (unpaired) electrons. The molecule has 0 aliphatic carbocycles. The van der Waals surface area contributed by atoms with Crippen molar-refractivity contribution in [2.45, 2.75) is 13.8 Å². The fourth-order valence-electron chi connectivity index (χ4n) is 3.39. The van der Waals surface area contributed by atoms with E-state index in [0.717, 1.165) is 17.3 Å². The van der Waals surface area contributed by atoms with Crippen LogP contribution in [0.5, 0.6) is 5.75 Å². The first-order chi connectivity index (χ1) is 12.6. The van der Waals surface area contributed by atoms with Crippen molar-refractivity contribution in [1.29, 1.82) is 0 Å². The SMILES string of the molecule is Cc1nocc1-c1ncc2c(C=O)c3[nH]c4ccc(O)c(C)c4n3c2n1. The summed E-state index contributed by atoms with van der Waals surface area (Å²) < 4.78 is 6.83. The lowest BCUT2D eigenvalue weighted by molar-refractivity contribution is 0.112. The minimum Gasteiger partial charge on any atom is -0.508 e. The zero-order valence-corrected chi connectivity index (χ0v) is 13.9. The standard InChI is InChI=1S/C18H13N5O3/c1-8-14(25)4-3-13-15(8)23-17-10(11(6-24)18(23)20-13)5-19-16(21-17)12-7-26-22-9(12)2/h3-7,20,25H,1-2H3. The second-order valence-corrected chi connectivity index (χ2v) is 6.19. The van der Waals surface area contributed by atoms with Crippen LogP contribution in [0.1, 0.15) is 21.6 Å². The molecule has 0 amide bonds. The molecule has 5 aromatic rings. The molecule has 0 spiro atoms. The van der Waals surface area contributed by atoms with Gasteiger partial charge in [0, 0.05) is 11.8 Å². The predicted octanol–water partition coefficient (Wildman–Crippen LogP) is 3.15. The summed E-state index contributed by atoms with van der Waals surface area (Å²) in [6.45, 7) is 3.63. The second-order valence-electron chi connectivity index (χ2n) is 6.19. The largest absolute Gasteiger partial charge is 0.508 e. The molecule has 0 aliphatic rings. The number of carbonyl (C=O) groups is 1. The average Bonchev–Trinajstić information content (AvgIpc) is 3.30. The first-order valence-electron chi connectivity index (χ1n) is 7.98. The van der Waals surface area contributed by atoms with Gasteiger partial charge in [-0.15, -0.1) is 0 Å². The number of aryl methyl sites for hydroxylation is 2. The van der Waals surface area contributed by atoms with Crippen LogP contribution < -0.4 is 0 Å².